The van der Waals surface area contributed by atoms with Crippen molar-refractivity contribution < 1.29 is 18.0 Å². The highest BCUT2D eigenvalue weighted by Gasteiger charge is 2.30. The molecule has 0 aliphatic carbocycles. The van der Waals surface area contributed by atoms with E-state index in [0.29, 0.717) is 31.6 Å². The number of piperidine rings is 1. The number of anilines is 1. The van der Waals surface area contributed by atoms with Crippen LogP contribution < -0.4 is 10.5 Å². The number of sulfonamides is 1. The minimum atomic E-state index is -3.63. The number of rotatable bonds is 6. The summed E-state index contributed by atoms with van der Waals surface area (Å²) in [6.07, 6.45) is 1.06. The molecular formula is C17H25N3O4S. The lowest BCUT2D eigenvalue weighted by Gasteiger charge is -2.32. The molecule has 1 saturated heterocycles. The van der Waals surface area contributed by atoms with Gasteiger partial charge in [-0.25, -0.2) is 8.42 Å². The van der Waals surface area contributed by atoms with Gasteiger partial charge in [0.05, 0.1) is 11.7 Å². The molecule has 0 saturated carbocycles. The Morgan fingerprint density at radius 3 is 2.32 bits per heavy atom. The molecule has 3 N–H and O–H groups in total. The number of carbonyl (C=O) groups excluding carboxylic acids is 2. The molecule has 7 nitrogen and oxygen atoms in total. The molecule has 0 bridgehead atoms. The van der Waals surface area contributed by atoms with E-state index in [-0.39, 0.29) is 23.5 Å². The van der Waals surface area contributed by atoms with E-state index in [4.69, 9.17) is 5.73 Å². The first-order chi connectivity index (χ1) is 11.7. The number of amides is 2. The summed E-state index contributed by atoms with van der Waals surface area (Å²) in [5.74, 6) is -1.70. The Morgan fingerprint density at radius 1 is 1.24 bits per heavy atom. The molecule has 1 heterocycles. The summed E-state index contributed by atoms with van der Waals surface area (Å²) in [4.78, 5) is 25.3. The fourth-order valence-electron chi connectivity index (χ4n) is 2.94. The van der Waals surface area contributed by atoms with Gasteiger partial charge in [0.2, 0.25) is 21.8 Å². The van der Waals surface area contributed by atoms with E-state index >= 15 is 0 Å². The zero-order valence-electron chi connectivity index (χ0n) is 14.6. The number of hydrogen-bond donors (Lipinski definition) is 2. The zero-order valence-corrected chi connectivity index (χ0v) is 15.4. The predicted molar refractivity (Wildman–Crippen MR) is 96.3 cm³/mol. The third kappa shape index (κ3) is 5.45. The van der Waals surface area contributed by atoms with Crippen LogP contribution in [0.4, 0.5) is 5.69 Å². The highest BCUT2D eigenvalue weighted by Crippen LogP contribution is 2.19. The molecule has 1 aromatic rings. The minimum Gasteiger partial charge on any atom is -0.369 e. The van der Waals surface area contributed by atoms with Gasteiger partial charge in [0.1, 0.15) is 0 Å². The van der Waals surface area contributed by atoms with E-state index in [9.17, 15) is 18.0 Å². The summed E-state index contributed by atoms with van der Waals surface area (Å²) < 4.78 is 27.1. The van der Waals surface area contributed by atoms with Crippen molar-refractivity contribution >= 4 is 27.5 Å². The Kier molecular flexibility index (Phi) is 6.05. The van der Waals surface area contributed by atoms with E-state index in [1.165, 1.54) is 0 Å². The van der Waals surface area contributed by atoms with Crippen LogP contribution in [0.15, 0.2) is 24.3 Å². The standard InChI is InChI=1S/C17H25N3O4S/c1-12-3-5-15(6-4-12)19-25(23,24)11-13(2)17(22)20-9-7-14(8-10-20)16(18)21/h3-6,13-14,19H,7-11H2,1-2H3,(H2,18,21). The van der Waals surface area contributed by atoms with Crippen LogP contribution in [-0.2, 0) is 19.6 Å². The average molecular weight is 367 g/mol. The molecule has 2 amide bonds. The summed E-state index contributed by atoms with van der Waals surface area (Å²) in [7, 11) is -3.63. The third-order valence-corrected chi connectivity index (χ3v) is 5.91. The second-order valence-corrected chi connectivity index (χ2v) is 8.42. The Labute approximate surface area is 148 Å². The van der Waals surface area contributed by atoms with E-state index < -0.39 is 15.9 Å². The number of nitrogens with two attached hydrogens (primary N) is 1. The van der Waals surface area contributed by atoms with Gasteiger partial charge in [-0.1, -0.05) is 24.6 Å². The van der Waals surface area contributed by atoms with Crippen molar-refractivity contribution in [1.29, 1.82) is 0 Å². The molecule has 1 aliphatic heterocycles. The Morgan fingerprint density at radius 2 is 1.80 bits per heavy atom. The topological polar surface area (TPSA) is 110 Å². The minimum absolute atomic E-state index is 0.203. The third-order valence-electron chi connectivity index (χ3n) is 4.42. The molecule has 0 spiro atoms. The van der Waals surface area contributed by atoms with Crippen molar-refractivity contribution in [2.24, 2.45) is 17.6 Å². The largest absolute Gasteiger partial charge is 0.369 e. The van der Waals surface area contributed by atoms with E-state index in [2.05, 4.69) is 4.72 Å². The first-order valence-corrected chi connectivity index (χ1v) is 9.98. The average Bonchev–Trinajstić information content (AvgIpc) is 2.55. The zero-order chi connectivity index (χ0) is 18.6. The number of hydrogen-bond acceptors (Lipinski definition) is 4. The number of likely N-dealkylation sites (tertiary alicyclic amines) is 1. The second-order valence-electron chi connectivity index (χ2n) is 6.65. The van der Waals surface area contributed by atoms with Crippen LogP contribution in [0.2, 0.25) is 0 Å². The molecule has 1 aliphatic rings. The summed E-state index contributed by atoms with van der Waals surface area (Å²) in [6.45, 7) is 4.39. The fraction of sp³-hybridized carbons (Fsp3) is 0.529. The summed E-state index contributed by atoms with van der Waals surface area (Å²) in [5, 5.41) is 0. The van der Waals surface area contributed by atoms with Crippen molar-refractivity contribution in [2.45, 2.75) is 26.7 Å². The molecule has 0 aromatic heterocycles. The Bertz CT molecular complexity index is 723. The van der Waals surface area contributed by atoms with Crippen LogP contribution >= 0.6 is 0 Å². The molecule has 1 unspecified atom stereocenters. The van der Waals surface area contributed by atoms with Gasteiger partial charge in [-0.3, -0.25) is 14.3 Å². The lowest BCUT2D eigenvalue weighted by molar-refractivity contribution is -0.137. The van der Waals surface area contributed by atoms with Crippen molar-refractivity contribution in [3.63, 3.8) is 0 Å². The summed E-state index contributed by atoms with van der Waals surface area (Å²) in [5.41, 5.74) is 6.80. The lowest BCUT2D eigenvalue weighted by Crippen LogP contribution is -2.45. The van der Waals surface area contributed by atoms with Crippen molar-refractivity contribution in [3.8, 4) is 0 Å². The van der Waals surface area contributed by atoms with Crippen molar-refractivity contribution in [1.82, 2.24) is 4.90 Å². The molecule has 8 heteroatoms. The van der Waals surface area contributed by atoms with Gasteiger partial charge < -0.3 is 10.6 Å². The van der Waals surface area contributed by atoms with Gasteiger partial charge in [0, 0.05) is 24.7 Å². The molecular weight excluding hydrogens is 342 g/mol. The van der Waals surface area contributed by atoms with Crippen LogP contribution in [-0.4, -0.2) is 44.0 Å². The molecule has 2 rings (SSSR count). The van der Waals surface area contributed by atoms with E-state index in [1.807, 2.05) is 19.1 Å². The van der Waals surface area contributed by atoms with Gasteiger partial charge in [-0.15, -0.1) is 0 Å². The highest BCUT2D eigenvalue weighted by atomic mass is 32.2. The molecule has 1 atom stereocenters. The number of nitrogens with zero attached hydrogens (tertiary/aromatic N) is 1. The maximum atomic E-state index is 12.5. The lowest BCUT2D eigenvalue weighted by atomic mass is 9.95. The number of nitrogens with one attached hydrogen (secondary N) is 1. The van der Waals surface area contributed by atoms with E-state index in [1.54, 1.807) is 24.0 Å². The van der Waals surface area contributed by atoms with Crippen molar-refractivity contribution in [2.75, 3.05) is 23.6 Å². The summed E-state index contributed by atoms with van der Waals surface area (Å²) >= 11 is 0. The van der Waals surface area contributed by atoms with Crippen LogP contribution in [0, 0.1) is 18.8 Å². The SMILES string of the molecule is Cc1ccc(NS(=O)(=O)CC(C)C(=O)N2CCC(C(N)=O)CC2)cc1. The molecule has 1 aromatic carbocycles. The van der Waals surface area contributed by atoms with Crippen molar-refractivity contribution in [3.05, 3.63) is 29.8 Å². The first kappa shape index (κ1) is 19.2. The predicted octanol–water partition coefficient (Wildman–Crippen LogP) is 1.10. The quantitative estimate of drug-likeness (QED) is 0.784. The summed E-state index contributed by atoms with van der Waals surface area (Å²) in [6, 6.07) is 7.01. The van der Waals surface area contributed by atoms with Gasteiger partial charge >= 0.3 is 0 Å². The molecule has 1 fully saturated rings. The van der Waals surface area contributed by atoms with Gasteiger partial charge in [0.25, 0.3) is 0 Å². The maximum Gasteiger partial charge on any atom is 0.233 e. The van der Waals surface area contributed by atoms with Crippen LogP contribution in [0.3, 0.4) is 0 Å². The normalized spacial score (nSPS) is 17.1. The molecule has 0 radical (unpaired) electrons. The fourth-order valence-corrected chi connectivity index (χ4v) is 4.32. The Balaban J connectivity index is 1.91. The number of benzene rings is 1. The van der Waals surface area contributed by atoms with Crippen LogP contribution in [0.1, 0.15) is 25.3 Å². The van der Waals surface area contributed by atoms with Gasteiger partial charge in [-0.2, -0.15) is 0 Å². The number of aryl methyl sites for hydroxylation is 1. The molecule has 138 valence electrons. The van der Waals surface area contributed by atoms with Crippen LogP contribution in [0.5, 0.6) is 0 Å². The van der Waals surface area contributed by atoms with E-state index in [0.717, 1.165) is 5.56 Å². The second kappa shape index (κ2) is 7.86. The van der Waals surface area contributed by atoms with Crippen LogP contribution in [0.25, 0.3) is 0 Å². The maximum absolute atomic E-state index is 12.5. The smallest absolute Gasteiger partial charge is 0.233 e. The monoisotopic (exact) mass is 367 g/mol. The number of primary amides is 1. The highest BCUT2D eigenvalue weighted by molar-refractivity contribution is 7.92. The molecule has 25 heavy (non-hydrogen) atoms. The van der Waals surface area contributed by atoms with Gasteiger partial charge in [0.15, 0.2) is 0 Å². The first-order valence-electron chi connectivity index (χ1n) is 8.33. The Hall–Kier alpha value is -2.09. The number of carbonyl (C=O) groups is 2. The van der Waals surface area contributed by atoms with Gasteiger partial charge in [-0.05, 0) is 31.9 Å².